The number of fused-ring (bicyclic) bond motifs is 1. The fraction of sp³-hybridized carbons (Fsp3) is 0.438. The average Bonchev–Trinajstić information content (AvgIpc) is 2.51. The Morgan fingerprint density at radius 3 is 2.32 bits per heavy atom. The molecule has 0 spiro atoms. The van der Waals surface area contributed by atoms with Gasteiger partial charge in [0.15, 0.2) is 0 Å². The van der Waals surface area contributed by atoms with Gasteiger partial charge in [-0.2, -0.15) is 0 Å². The summed E-state index contributed by atoms with van der Waals surface area (Å²) < 4.78 is 2.10. The van der Waals surface area contributed by atoms with Crippen LogP contribution in [0.4, 0.5) is 0 Å². The van der Waals surface area contributed by atoms with Crippen LogP contribution in [0.15, 0.2) is 12.1 Å². The van der Waals surface area contributed by atoms with E-state index in [1.165, 1.54) is 5.56 Å². The molecule has 2 rings (SSSR count). The molecule has 1 heterocycles. The van der Waals surface area contributed by atoms with E-state index in [1.54, 1.807) is 13.8 Å². The second kappa shape index (κ2) is 4.12. The Kier molecular flexibility index (Phi) is 2.96. The molecule has 0 unspecified atom stereocenters. The van der Waals surface area contributed by atoms with Gasteiger partial charge in [0.05, 0.1) is 10.9 Å². The second-order valence-electron chi connectivity index (χ2n) is 5.93. The van der Waals surface area contributed by atoms with Crippen LogP contribution in [0.1, 0.15) is 36.2 Å². The summed E-state index contributed by atoms with van der Waals surface area (Å²) in [7, 11) is 2.00. The van der Waals surface area contributed by atoms with Crippen molar-refractivity contribution in [2.24, 2.45) is 7.05 Å². The van der Waals surface area contributed by atoms with Gasteiger partial charge >= 0.3 is 5.97 Å². The standard InChI is InChI=1S/C16H21NO2/c1-9-7-10(2)14-12(8-9)13(11(3)17(14)6)16(4,5)15(18)19/h7-8H,1-6H3,(H,18,19). The van der Waals surface area contributed by atoms with Crippen LogP contribution >= 0.6 is 0 Å². The molecule has 0 saturated heterocycles. The molecule has 102 valence electrons. The van der Waals surface area contributed by atoms with Crippen LogP contribution in [0, 0.1) is 20.8 Å². The number of benzene rings is 1. The van der Waals surface area contributed by atoms with Gasteiger partial charge in [-0.1, -0.05) is 11.6 Å². The monoisotopic (exact) mass is 259 g/mol. The molecule has 0 atom stereocenters. The van der Waals surface area contributed by atoms with Crippen molar-refractivity contribution < 1.29 is 9.90 Å². The van der Waals surface area contributed by atoms with Gasteiger partial charge in [-0.3, -0.25) is 4.79 Å². The summed E-state index contributed by atoms with van der Waals surface area (Å²) >= 11 is 0. The second-order valence-corrected chi connectivity index (χ2v) is 5.93. The third-order valence-electron chi connectivity index (χ3n) is 4.07. The molecule has 2 aromatic rings. The number of aliphatic carboxylic acids is 1. The van der Waals surface area contributed by atoms with Gasteiger partial charge in [0.2, 0.25) is 0 Å². The Balaban J connectivity index is 2.97. The van der Waals surface area contributed by atoms with Gasteiger partial charge in [-0.25, -0.2) is 0 Å². The van der Waals surface area contributed by atoms with E-state index in [9.17, 15) is 9.90 Å². The lowest BCUT2D eigenvalue weighted by Gasteiger charge is -2.20. The van der Waals surface area contributed by atoms with Crippen LogP contribution < -0.4 is 0 Å². The highest BCUT2D eigenvalue weighted by Gasteiger charge is 2.34. The number of aryl methyl sites for hydroxylation is 3. The van der Waals surface area contributed by atoms with Crippen molar-refractivity contribution in [3.8, 4) is 0 Å². The predicted octanol–water partition coefficient (Wildman–Crippen LogP) is 3.47. The molecule has 0 radical (unpaired) electrons. The van der Waals surface area contributed by atoms with Crippen LogP contribution in [0.3, 0.4) is 0 Å². The lowest BCUT2D eigenvalue weighted by atomic mass is 9.82. The Bertz CT molecular complexity index is 678. The van der Waals surface area contributed by atoms with E-state index in [4.69, 9.17) is 0 Å². The number of carboxylic acid groups (broad SMARTS) is 1. The number of hydrogen-bond acceptors (Lipinski definition) is 1. The molecule has 0 aliphatic rings. The minimum absolute atomic E-state index is 0.790. The molecular weight excluding hydrogens is 238 g/mol. The fourth-order valence-corrected chi connectivity index (χ4v) is 3.02. The first-order chi connectivity index (χ1) is 8.67. The largest absolute Gasteiger partial charge is 0.481 e. The summed E-state index contributed by atoms with van der Waals surface area (Å²) in [6.45, 7) is 9.66. The molecule has 0 aliphatic carbocycles. The van der Waals surface area contributed by atoms with E-state index >= 15 is 0 Å². The van der Waals surface area contributed by atoms with Crippen molar-refractivity contribution >= 4 is 16.9 Å². The van der Waals surface area contributed by atoms with Crippen molar-refractivity contribution in [3.63, 3.8) is 0 Å². The van der Waals surface area contributed by atoms with Gasteiger partial charge in [0.1, 0.15) is 0 Å². The topological polar surface area (TPSA) is 42.2 Å². The van der Waals surface area contributed by atoms with E-state index in [0.717, 1.165) is 27.7 Å². The van der Waals surface area contributed by atoms with Crippen molar-refractivity contribution in [2.75, 3.05) is 0 Å². The normalized spacial score (nSPS) is 12.1. The first kappa shape index (κ1) is 13.7. The highest BCUT2D eigenvalue weighted by atomic mass is 16.4. The zero-order chi connectivity index (χ0) is 14.5. The van der Waals surface area contributed by atoms with Gasteiger partial charge < -0.3 is 9.67 Å². The Morgan fingerprint density at radius 1 is 1.21 bits per heavy atom. The average molecular weight is 259 g/mol. The molecule has 19 heavy (non-hydrogen) atoms. The molecule has 1 aromatic carbocycles. The Labute approximate surface area is 113 Å². The maximum Gasteiger partial charge on any atom is 0.313 e. The summed E-state index contributed by atoms with van der Waals surface area (Å²) in [5, 5.41) is 10.6. The van der Waals surface area contributed by atoms with E-state index in [0.29, 0.717) is 0 Å². The first-order valence-corrected chi connectivity index (χ1v) is 6.48. The quantitative estimate of drug-likeness (QED) is 0.897. The minimum Gasteiger partial charge on any atom is -0.481 e. The number of rotatable bonds is 2. The molecule has 3 nitrogen and oxygen atoms in total. The molecule has 0 aliphatic heterocycles. The number of carbonyl (C=O) groups is 1. The Hall–Kier alpha value is -1.77. The molecular formula is C16H21NO2. The zero-order valence-corrected chi connectivity index (χ0v) is 12.5. The lowest BCUT2D eigenvalue weighted by molar-refractivity contribution is -0.142. The summed E-state index contributed by atoms with van der Waals surface area (Å²) in [5.74, 6) is -0.790. The van der Waals surface area contributed by atoms with E-state index in [2.05, 4.69) is 23.6 Å². The van der Waals surface area contributed by atoms with Crippen LogP contribution in [0.25, 0.3) is 10.9 Å². The van der Waals surface area contributed by atoms with Crippen molar-refractivity contribution in [1.29, 1.82) is 0 Å². The molecule has 0 fully saturated rings. The lowest BCUT2D eigenvalue weighted by Crippen LogP contribution is -2.29. The molecule has 0 bridgehead atoms. The van der Waals surface area contributed by atoms with Crippen LogP contribution in [-0.4, -0.2) is 15.6 Å². The number of carboxylic acids is 1. The van der Waals surface area contributed by atoms with E-state index in [-0.39, 0.29) is 0 Å². The third kappa shape index (κ3) is 1.84. The van der Waals surface area contributed by atoms with E-state index in [1.807, 2.05) is 20.9 Å². The van der Waals surface area contributed by atoms with Crippen LogP contribution in [0.5, 0.6) is 0 Å². The molecule has 1 N–H and O–H groups in total. The molecule has 0 amide bonds. The molecule has 3 heteroatoms. The van der Waals surface area contributed by atoms with Crippen LogP contribution in [-0.2, 0) is 17.3 Å². The fourth-order valence-electron chi connectivity index (χ4n) is 3.02. The van der Waals surface area contributed by atoms with Gasteiger partial charge in [0, 0.05) is 18.1 Å². The van der Waals surface area contributed by atoms with Crippen molar-refractivity contribution in [1.82, 2.24) is 4.57 Å². The highest BCUT2D eigenvalue weighted by molar-refractivity contribution is 5.95. The van der Waals surface area contributed by atoms with Gasteiger partial charge in [-0.15, -0.1) is 0 Å². The Morgan fingerprint density at radius 2 is 1.79 bits per heavy atom. The van der Waals surface area contributed by atoms with Crippen LogP contribution in [0.2, 0.25) is 0 Å². The molecule has 1 aromatic heterocycles. The van der Waals surface area contributed by atoms with Crippen molar-refractivity contribution in [3.05, 3.63) is 34.5 Å². The number of hydrogen-bond donors (Lipinski definition) is 1. The maximum atomic E-state index is 11.6. The number of nitrogens with zero attached hydrogens (tertiary/aromatic N) is 1. The number of aromatic nitrogens is 1. The van der Waals surface area contributed by atoms with Gasteiger partial charge in [0.25, 0.3) is 0 Å². The highest BCUT2D eigenvalue weighted by Crippen LogP contribution is 2.37. The maximum absolute atomic E-state index is 11.6. The van der Waals surface area contributed by atoms with Gasteiger partial charge in [-0.05, 0) is 51.8 Å². The summed E-state index contributed by atoms with van der Waals surface area (Å²) in [6, 6.07) is 4.23. The van der Waals surface area contributed by atoms with E-state index < -0.39 is 11.4 Å². The summed E-state index contributed by atoms with van der Waals surface area (Å²) in [4.78, 5) is 11.6. The smallest absolute Gasteiger partial charge is 0.313 e. The van der Waals surface area contributed by atoms with Crippen molar-refractivity contribution in [2.45, 2.75) is 40.0 Å². The molecule has 0 saturated carbocycles. The zero-order valence-electron chi connectivity index (χ0n) is 12.5. The first-order valence-electron chi connectivity index (χ1n) is 6.48. The predicted molar refractivity (Wildman–Crippen MR) is 77.8 cm³/mol. The minimum atomic E-state index is -0.885. The summed E-state index contributed by atoms with van der Waals surface area (Å²) in [5.41, 5.74) is 4.54. The third-order valence-corrected chi connectivity index (χ3v) is 4.07. The summed E-state index contributed by atoms with van der Waals surface area (Å²) in [6.07, 6.45) is 0. The SMILES string of the molecule is Cc1cc(C)c2c(c1)c(C(C)(C)C(=O)O)c(C)n2C.